The molecule has 2 heterocycles. The Morgan fingerprint density at radius 2 is 1.85 bits per heavy atom. The van der Waals surface area contributed by atoms with Crippen LogP contribution in [-0.4, -0.2) is 41.3 Å². The monoisotopic (exact) mass is 561 g/mol. The molecule has 7 nitrogen and oxygen atoms in total. The van der Waals surface area contributed by atoms with Gasteiger partial charge in [0, 0.05) is 29.3 Å². The maximum Gasteiger partial charge on any atom is 0.390 e. The summed E-state index contributed by atoms with van der Waals surface area (Å²) in [5.41, 5.74) is 5.26. The molecule has 40 heavy (non-hydrogen) atoms. The lowest BCUT2D eigenvalue weighted by molar-refractivity contribution is -0.132. The summed E-state index contributed by atoms with van der Waals surface area (Å²) in [6.45, 7) is 1.18. The third kappa shape index (κ3) is 5.03. The highest BCUT2D eigenvalue weighted by Gasteiger charge is 2.57. The van der Waals surface area contributed by atoms with Crippen LogP contribution in [-0.2, 0) is 11.6 Å². The number of fused-ring (bicyclic) bond motifs is 1. The van der Waals surface area contributed by atoms with E-state index >= 15 is 8.78 Å². The van der Waals surface area contributed by atoms with Gasteiger partial charge in [0.25, 0.3) is 5.91 Å². The van der Waals surface area contributed by atoms with Crippen molar-refractivity contribution < 1.29 is 31.5 Å². The molecule has 1 aliphatic heterocycles. The molecule has 1 aliphatic carbocycles. The van der Waals surface area contributed by atoms with Crippen molar-refractivity contribution in [3.8, 4) is 17.0 Å². The molecule has 2 aromatic carbocycles. The molecule has 1 saturated carbocycles. The fourth-order valence-electron chi connectivity index (χ4n) is 4.77. The van der Waals surface area contributed by atoms with Crippen LogP contribution in [0.4, 0.5) is 22.0 Å². The summed E-state index contributed by atoms with van der Waals surface area (Å²) in [7, 11) is 1.41. The quantitative estimate of drug-likeness (QED) is 0.318. The second-order valence-corrected chi connectivity index (χ2v) is 10.1. The molecule has 212 valence electrons. The van der Waals surface area contributed by atoms with Gasteiger partial charge in [-0.15, -0.1) is 0 Å². The Hall–Kier alpha value is -3.93. The van der Waals surface area contributed by atoms with Crippen molar-refractivity contribution >= 4 is 11.6 Å². The predicted octanol–water partition coefficient (Wildman–Crippen LogP) is 5.06. The van der Waals surface area contributed by atoms with Crippen LogP contribution in [0.25, 0.3) is 17.0 Å². The van der Waals surface area contributed by atoms with Crippen LogP contribution in [0.5, 0.6) is 5.75 Å². The van der Waals surface area contributed by atoms with E-state index in [2.05, 4.69) is 15.6 Å². The first kappa shape index (κ1) is 27.6. The van der Waals surface area contributed by atoms with Crippen LogP contribution in [0, 0.1) is 6.92 Å². The molecule has 5 rings (SSSR count). The summed E-state index contributed by atoms with van der Waals surface area (Å²) >= 11 is 0. The summed E-state index contributed by atoms with van der Waals surface area (Å²) in [6, 6.07) is 10.2. The predicted molar refractivity (Wildman–Crippen MR) is 139 cm³/mol. The number of ether oxygens (including phenoxy) is 1. The number of nitrogens with zero attached hydrogens (tertiary/aromatic N) is 2. The number of amides is 1. The molecule has 1 aromatic heterocycles. The highest BCUT2D eigenvalue weighted by molar-refractivity contribution is 5.96. The fraction of sp³-hybridized carbons (Fsp3) is 0.357. The number of nitrogens with two attached hydrogens (primary N) is 1. The largest absolute Gasteiger partial charge is 0.497 e. The Kier molecular flexibility index (Phi) is 6.85. The van der Waals surface area contributed by atoms with Crippen LogP contribution in [0.1, 0.15) is 46.6 Å². The van der Waals surface area contributed by atoms with E-state index in [1.54, 1.807) is 25.1 Å². The molecule has 0 spiro atoms. The lowest BCUT2D eigenvalue weighted by atomic mass is 9.94. The van der Waals surface area contributed by atoms with E-state index in [0.717, 1.165) is 23.5 Å². The summed E-state index contributed by atoms with van der Waals surface area (Å²) in [5, 5.41) is 5.51. The molecule has 2 aliphatic rings. The van der Waals surface area contributed by atoms with Crippen molar-refractivity contribution in [1.29, 1.82) is 0 Å². The second kappa shape index (κ2) is 9.92. The molecule has 0 bridgehead atoms. The average molecular weight is 562 g/mol. The van der Waals surface area contributed by atoms with E-state index in [1.165, 1.54) is 37.6 Å². The van der Waals surface area contributed by atoms with E-state index in [1.807, 2.05) is 0 Å². The summed E-state index contributed by atoms with van der Waals surface area (Å²) in [6.07, 6.45) is -1.39. The van der Waals surface area contributed by atoms with Gasteiger partial charge in [-0.25, -0.2) is 4.98 Å². The first-order chi connectivity index (χ1) is 18.8. The molecule has 3 aromatic rings. The zero-order chi connectivity index (χ0) is 28.9. The second-order valence-electron chi connectivity index (χ2n) is 10.1. The number of carbonyl (C=O) groups excluding carboxylic acids is 1. The first-order valence-corrected chi connectivity index (χ1v) is 12.7. The molecule has 0 unspecified atom stereocenters. The summed E-state index contributed by atoms with van der Waals surface area (Å²) in [4.78, 5) is 16.9. The number of benzene rings is 2. The number of alkyl halides is 5. The third-order valence-electron chi connectivity index (χ3n) is 7.10. The van der Waals surface area contributed by atoms with Gasteiger partial charge in [-0.3, -0.25) is 15.1 Å². The van der Waals surface area contributed by atoms with E-state index in [4.69, 9.17) is 10.5 Å². The van der Waals surface area contributed by atoms with E-state index < -0.39 is 36.3 Å². The van der Waals surface area contributed by atoms with Crippen LogP contribution in [0.3, 0.4) is 0 Å². The van der Waals surface area contributed by atoms with Gasteiger partial charge in [0.2, 0.25) is 0 Å². The van der Waals surface area contributed by atoms with Gasteiger partial charge in [0.1, 0.15) is 5.75 Å². The van der Waals surface area contributed by atoms with Gasteiger partial charge in [0.05, 0.1) is 31.1 Å². The number of imidazole rings is 1. The number of rotatable bonds is 9. The zero-order valence-electron chi connectivity index (χ0n) is 21.8. The molecule has 4 N–H and O–H groups in total. The van der Waals surface area contributed by atoms with Crippen molar-refractivity contribution in [2.75, 3.05) is 13.7 Å². The topological polar surface area (TPSA) is 94.2 Å². The van der Waals surface area contributed by atoms with Crippen LogP contribution in [0.15, 0.2) is 54.7 Å². The van der Waals surface area contributed by atoms with Gasteiger partial charge >= 0.3 is 12.1 Å². The van der Waals surface area contributed by atoms with E-state index in [9.17, 15) is 18.0 Å². The van der Waals surface area contributed by atoms with Gasteiger partial charge < -0.3 is 15.4 Å². The molecule has 0 radical (unpaired) electrons. The Balaban J connectivity index is 1.56. The van der Waals surface area contributed by atoms with Crippen molar-refractivity contribution in [2.24, 2.45) is 5.73 Å². The Bertz CT molecular complexity index is 1460. The number of halogens is 5. The SMILES string of the molecule is COc1ccc(C(F)(F)[C@]2(N)C=C(NCCC(F)(F)F)c3ncc(-c4ccc(C(=O)NC5CC5)c(C)c4)n32)cc1. The van der Waals surface area contributed by atoms with E-state index in [0.29, 0.717) is 22.4 Å². The Labute approximate surface area is 227 Å². The molecular weight excluding hydrogens is 533 g/mol. The van der Waals surface area contributed by atoms with Crippen molar-refractivity contribution in [2.45, 2.75) is 50.0 Å². The minimum Gasteiger partial charge on any atom is -0.497 e. The highest BCUT2D eigenvalue weighted by atomic mass is 19.4. The Morgan fingerprint density at radius 1 is 1.15 bits per heavy atom. The summed E-state index contributed by atoms with van der Waals surface area (Å²) < 4.78 is 77.2. The van der Waals surface area contributed by atoms with Crippen molar-refractivity contribution in [1.82, 2.24) is 20.2 Å². The molecule has 1 atom stereocenters. The van der Waals surface area contributed by atoms with Gasteiger partial charge in [-0.05, 0) is 67.8 Å². The number of aryl methyl sites for hydroxylation is 1. The minimum atomic E-state index is -4.44. The normalized spacial score (nSPS) is 18.8. The first-order valence-electron chi connectivity index (χ1n) is 12.7. The third-order valence-corrected chi connectivity index (χ3v) is 7.10. The standard InChI is InChI=1S/C28H28F5N5O2/c1-16-13-17(3-10-21(16)25(39)37-19-6-7-19)23-15-36-24-22(35-12-11-27(29,30)31)14-26(34,38(23)24)28(32,33)18-4-8-20(40-2)9-5-18/h3-5,8-10,13-15,19,35H,6-7,11-12,34H2,1-2H3,(H,37,39)/t26-/m0/s1. The maximum absolute atomic E-state index is 16.3. The molecular formula is C28H28F5N5O2. The molecule has 12 heteroatoms. The minimum absolute atomic E-state index is 0.0268. The molecule has 1 fully saturated rings. The maximum atomic E-state index is 16.3. The lowest BCUT2D eigenvalue weighted by Gasteiger charge is -2.35. The highest BCUT2D eigenvalue weighted by Crippen LogP contribution is 2.49. The van der Waals surface area contributed by atoms with Gasteiger partial charge in [0.15, 0.2) is 11.5 Å². The smallest absolute Gasteiger partial charge is 0.390 e. The van der Waals surface area contributed by atoms with Crippen LogP contribution >= 0.6 is 0 Å². The average Bonchev–Trinajstić information content (AvgIpc) is 3.51. The zero-order valence-corrected chi connectivity index (χ0v) is 21.8. The number of aromatic nitrogens is 2. The molecule has 1 amide bonds. The van der Waals surface area contributed by atoms with Gasteiger partial charge in [-0.2, -0.15) is 22.0 Å². The van der Waals surface area contributed by atoms with E-state index in [-0.39, 0.29) is 29.2 Å². The number of carbonyl (C=O) groups is 1. The number of hydrogen-bond acceptors (Lipinski definition) is 5. The molecule has 0 saturated heterocycles. The van der Waals surface area contributed by atoms with Crippen LogP contribution in [0.2, 0.25) is 0 Å². The van der Waals surface area contributed by atoms with Crippen LogP contribution < -0.4 is 21.1 Å². The lowest BCUT2D eigenvalue weighted by Crippen LogP contribution is -2.53. The van der Waals surface area contributed by atoms with Crippen molar-refractivity contribution in [3.05, 3.63) is 77.3 Å². The Morgan fingerprint density at radius 3 is 2.45 bits per heavy atom. The summed E-state index contributed by atoms with van der Waals surface area (Å²) in [5.74, 6) is -3.61. The van der Waals surface area contributed by atoms with Crippen molar-refractivity contribution in [3.63, 3.8) is 0 Å². The number of hydrogen-bond donors (Lipinski definition) is 3. The number of nitrogens with one attached hydrogen (secondary N) is 2. The fourth-order valence-corrected chi connectivity index (χ4v) is 4.77. The number of methoxy groups -OCH3 is 1. The van der Waals surface area contributed by atoms with Gasteiger partial charge in [-0.1, -0.05) is 6.07 Å².